The number of hydrogen-bond acceptors (Lipinski definition) is 7. The molecule has 10 heteroatoms. The molecular formula is C29H43Cl2N7S. The number of nitrogens with two attached hydrogens (primary N) is 1. The number of benzene rings is 1. The summed E-state index contributed by atoms with van der Waals surface area (Å²) in [5, 5.41) is 9.32. The minimum atomic E-state index is 0.387. The van der Waals surface area contributed by atoms with E-state index >= 15 is 0 Å². The van der Waals surface area contributed by atoms with Gasteiger partial charge in [0.25, 0.3) is 0 Å². The van der Waals surface area contributed by atoms with Crippen LogP contribution < -0.4 is 16.4 Å². The molecule has 2 aromatic heterocycles. The van der Waals surface area contributed by atoms with Crippen molar-refractivity contribution in [2.75, 3.05) is 31.9 Å². The van der Waals surface area contributed by atoms with Crippen LogP contribution in [0.2, 0.25) is 10.0 Å². The van der Waals surface area contributed by atoms with Crippen molar-refractivity contribution < 1.29 is 0 Å². The number of nitrogens with one attached hydrogen (secondary N) is 2. The van der Waals surface area contributed by atoms with Crippen LogP contribution in [0, 0.1) is 5.92 Å². The second kappa shape index (κ2) is 16.6. The number of anilines is 1. The summed E-state index contributed by atoms with van der Waals surface area (Å²) < 4.78 is 2.11. The topological polar surface area (TPSA) is 93.7 Å². The fraction of sp³-hybridized carbons (Fsp3) is 0.621. The van der Waals surface area contributed by atoms with Crippen molar-refractivity contribution in [1.82, 2.24) is 30.2 Å². The molecule has 0 aliphatic heterocycles. The molecule has 214 valence electrons. The summed E-state index contributed by atoms with van der Waals surface area (Å²) in [6.07, 6.45) is 17.6. The lowest BCUT2D eigenvalue weighted by molar-refractivity contribution is 0.360. The number of fused-ring (bicyclic) bond motifs is 1. The SMILES string of the molecule is Nc1ncnc2c1nc(Sc1cc(Cl)cc(Cl)c1)n2CCCNCCCCCCNCC1CCCCCCC1. The Morgan fingerprint density at radius 3 is 2.26 bits per heavy atom. The molecule has 4 N–H and O–H groups in total. The van der Waals surface area contributed by atoms with E-state index in [9.17, 15) is 0 Å². The Bertz CT molecular complexity index is 1130. The highest BCUT2D eigenvalue weighted by Gasteiger charge is 2.16. The molecular weight excluding hydrogens is 549 g/mol. The summed E-state index contributed by atoms with van der Waals surface area (Å²) in [5.41, 5.74) is 7.47. The van der Waals surface area contributed by atoms with Gasteiger partial charge in [-0.1, -0.05) is 79.9 Å². The van der Waals surface area contributed by atoms with Crippen molar-refractivity contribution in [3.63, 3.8) is 0 Å². The van der Waals surface area contributed by atoms with Gasteiger partial charge in [-0.2, -0.15) is 0 Å². The molecule has 0 radical (unpaired) electrons. The first-order valence-corrected chi connectivity index (χ1v) is 16.2. The van der Waals surface area contributed by atoms with Gasteiger partial charge in [0.05, 0.1) is 0 Å². The molecule has 1 fully saturated rings. The van der Waals surface area contributed by atoms with Gasteiger partial charge in [-0.3, -0.25) is 0 Å². The molecule has 0 bridgehead atoms. The zero-order valence-corrected chi connectivity index (χ0v) is 25.3. The molecule has 1 aliphatic rings. The van der Waals surface area contributed by atoms with Gasteiger partial charge in [0.15, 0.2) is 22.1 Å². The van der Waals surface area contributed by atoms with Crippen LogP contribution in [-0.2, 0) is 6.54 Å². The molecule has 1 aliphatic carbocycles. The van der Waals surface area contributed by atoms with Gasteiger partial charge >= 0.3 is 0 Å². The average Bonchev–Trinajstić information content (AvgIpc) is 3.23. The predicted molar refractivity (Wildman–Crippen MR) is 165 cm³/mol. The summed E-state index contributed by atoms with van der Waals surface area (Å²) in [5.74, 6) is 1.29. The summed E-state index contributed by atoms with van der Waals surface area (Å²) >= 11 is 13.9. The van der Waals surface area contributed by atoms with E-state index in [4.69, 9.17) is 33.9 Å². The molecule has 39 heavy (non-hydrogen) atoms. The lowest BCUT2D eigenvalue weighted by Gasteiger charge is -2.20. The number of aryl methyl sites for hydroxylation is 1. The smallest absolute Gasteiger partial charge is 0.175 e. The van der Waals surface area contributed by atoms with Crippen LogP contribution in [0.1, 0.15) is 77.0 Å². The molecule has 1 saturated carbocycles. The molecule has 0 spiro atoms. The highest BCUT2D eigenvalue weighted by molar-refractivity contribution is 7.99. The summed E-state index contributed by atoms with van der Waals surface area (Å²) in [6, 6.07) is 5.49. The van der Waals surface area contributed by atoms with Crippen LogP contribution in [0.4, 0.5) is 5.82 Å². The normalized spacial score (nSPS) is 15.0. The Kier molecular flexibility index (Phi) is 13.0. The third-order valence-electron chi connectivity index (χ3n) is 7.42. The second-order valence-electron chi connectivity index (χ2n) is 10.6. The molecule has 0 saturated heterocycles. The van der Waals surface area contributed by atoms with Gasteiger partial charge in [-0.05, 0) is 82.4 Å². The number of nitrogens with zero attached hydrogens (tertiary/aromatic N) is 4. The highest BCUT2D eigenvalue weighted by Crippen LogP contribution is 2.34. The summed E-state index contributed by atoms with van der Waals surface area (Å²) in [6.45, 7) is 5.16. The second-order valence-corrected chi connectivity index (χ2v) is 12.5. The fourth-order valence-electron chi connectivity index (χ4n) is 5.30. The molecule has 0 unspecified atom stereocenters. The molecule has 2 heterocycles. The van der Waals surface area contributed by atoms with Gasteiger partial charge < -0.3 is 20.9 Å². The van der Waals surface area contributed by atoms with Gasteiger partial charge in [-0.15, -0.1) is 0 Å². The van der Waals surface area contributed by atoms with Crippen molar-refractivity contribution in [3.05, 3.63) is 34.6 Å². The maximum Gasteiger partial charge on any atom is 0.175 e. The Balaban J connectivity index is 1.12. The van der Waals surface area contributed by atoms with Crippen LogP contribution in [0.3, 0.4) is 0 Å². The number of aromatic nitrogens is 4. The van der Waals surface area contributed by atoms with E-state index in [0.717, 1.165) is 47.7 Å². The minimum absolute atomic E-state index is 0.387. The summed E-state index contributed by atoms with van der Waals surface area (Å²) in [7, 11) is 0. The van der Waals surface area contributed by atoms with Crippen molar-refractivity contribution in [2.24, 2.45) is 5.92 Å². The van der Waals surface area contributed by atoms with Gasteiger partial charge in [0.1, 0.15) is 6.33 Å². The van der Waals surface area contributed by atoms with Gasteiger partial charge in [0.2, 0.25) is 0 Å². The predicted octanol–water partition coefficient (Wildman–Crippen LogP) is 7.36. The molecule has 7 nitrogen and oxygen atoms in total. The lowest BCUT2D eigenvalue weighted by Crippen LogP contribution is -2.24. The third-order valence-corrected chi connectivity index (χ3v) is 8.82. The van der Waals surface area contributed by atoms with Crippen LogP contribution in [0.5, 0.6) is 0 Å². The van der Waals surface area contributed by atoms with E-state index in [1.807, 2.05) is 12.1 Å². The molecule has 1 aromatic carbocycles. The Hall–Kier alpha value is -1.58. The number of imidazole rings is 1. The maximum absolute atomic E-state index is 6.21. The van der Waals surface area contributed by atoms with Crippen LogP contribution in [-0.4, -0.2) is 45.7 Å². The quantitative estimate of drug-likeness (QED) is 0.159. The standard InChI is InChI=1S/C29H43Cl2N7S/c30-23-17-24(31)19-25(18-23)39-29-37-26-27(32)35-21-36-28(26)38(29)16-10-15-33-13-8-4-5-9-14-34-20-22-11-6-2-1-3-7-12-22/h17-19,21-22,33-34H,1-16,20H2,(H2,32,35,36). The fourth-order valence-corrected chi connectivity index (χ4v) is 6.96. The number of halogens is 2. The van der Waals surface area contributed by atoms with E-state index in [1.54, 1.807) is 6.07 Å². The molecule has 3 aromatic rings. The number of hydrogen-bond donors (Lipinski definition) is 3. The van der Waals surface area contributed by atoms with Crippen LogP contribution in [0.25, 0.3) is 11.2 Å². The van der Waals surface area contributed by atoms with Gasteiger partial charge in [0, 0.05) is 21.5 Å². The average molecular weight is 593 g/mol. The number of unbranched alkanes of at least 4 members (excludes halogenated alkanes) is 3. The van der Waals surface area contributed by atoms with E-state index in [0.29, 0.717) is 21.4 Å². The minimum Gasteiger partial charge on any atom is -0.382 e. The van der Waals surface area contributed by atoms with E-state index < -0.39 is 0 Å². The Morgan fingerprint density at radius 1 is 0.846 bits per heavy atom. The largest absolute Gasteiger partial charge is 0.382 e. The molecule has 0 atom stereocenters. The Morgan fingerprint density at radius 2 is 1.51 bits per heavy atom. The summed E-state index contributed by atoms with van der Waals surface area (Å²) in [4.78, 5) is 14.2. The Labute approximate surface area is 247 Å². The third kappa shape index (κ3) is 10.1. The van der Waals surface area contributed by atoms with Crippen LogP contribution in [0.15, 0.2) is 34.6 Å². The zero-order chi connectivity index (χ0) is 27.3. The lowest BCUT2D eigenvalue weighted by atomic mass is 9.91. The van der Waals surface area contributed by atoms with Crippen LogP contribution >= 0.6 is 35.0 Å². The van der Waals surface area contributed by atoms with Crippen molar-refractivity contribution in [3.8, 4) is 0 Å². The van der Waals surface area contributed by atoms with E-state index in [-0.39, 0.29) is 0 Å². The van der Waals surface area contributed by atoms with Crippen molar-refractivity contribution >= 4 is 51.9 Å². The first kappa shape index (κ1) is 30.4. The first-order valence-electron chi connectivity index (χ1n) is 14.6. The van der Waals surface area contributed by atoms with E-state index in [1.165, 1.54) is 102 Å². The maximum atomic E-state index is 6.21. The highest BCUT2D eigenvalue weighted by atomic mass is 35.5. The first-order chi connectivity index (χ1) is 19.1. The molecule has 0 amide bonds. The van der Waals surface area contributed by atoms with Crippen molar-refractivity contribution in [2.45, 2.75) is 93.6 Å². The zero-order valence-electron chi connectivity index (χ0n) is 22.9. The molecule has 4 rings (SSSR count). The van der Waals surface area contributed by atoms with Crippen molar-refractivity contribution in [1.29, 1.82) is 0 Å². The number of rotatable bonds is 15. The van der Waals surface area contributed by atoms with E-state index in [2.05, 4.69) is 25.2 Å². The monoisotopic (exact) mass is 591 g/mol. The number of nitrogen functional groups attached to an aromatic ring is 1. The van der Waals surface area contributed by atoms with Gasteiger partial charge in [-0.25, -0.2) is 15.0 Å².